The Bertz CT molecular complexity index is 1150. The van der Waals surface area contributed by atoms with E-state index in [1.807, 2.05) is 24.3 Å². The summed E-state index contributed by atoms with van der Waals surface area (Å²) < 4.78 is 28.3. The molecule has 1 N–H and O–H groups in total. The number of hydrogen-bond acceptors (Lipinski definition) is 5. The van der Waals surface area contributed by atoms with E-state index in [2.05, 4.69) is 17.5 Å². The van der Waals surface area contributed by atoms with Gasteiger partial charge in [-0.15, -0.1) is 0 Å². The van der Waals surface area contributed by atoms with Gasteiger partial charge in [-0.2, -0.15) is 4.31 Å². The average Bonchev–Trinajstić information content (AvgIpc) is 3.12. The van der Waals surface area contributed by atoms with Crippen molar-refractivity contribution in [1.29, 1.82) is 0 Å². The van der Waals surface area contributed by atoms with Crippen molar-refractivity contribution in [2.45, 2.75) is 49.0 Å². The van der Waals surface area contributed by atoms with E-state index in [0.29, 0.717) is 18.0 Å². The zero-order valence-electron chi connectivity index (χ0n) is 17.8. The van der Waals surface area contributed by atoms with Crippen LogP contribution in [0.2, 0.25) is 0 Å². The van der Waals surface area contributed by atoms with Crippen LogP contribution in [0.25, 0.3) is 0 Å². The Morgan fingerprint density at radius 2 is 1.72 bits per heavy atom. The first-order valence-electron chi connectivity index (χ1n) is 11.3. The Hall–Kier alpha value is -2.71. The molecule has 3 unspecified atom stereocenters. The van der Waals surface area contributed by atoms with Crippen molar-refractivity contribution in [3.8, 4) is 0 Å². The molecule has 3 atom stereocenters. The zero-order valence-corrected chi connectivity index (χ0v) is 18.6. The lowest BCUT2D eigenvalue weighted by Gasteiger charge is -2.37. The minimum absolute atomic E-state index is 0.0105. The van der Waals surface area contributed by atoms with Gasteiger partial charge in [-0.05, 0) is 54.5 Å². The highest BCUT2D eigenvalue weighted by atomic mass is 32.2. The normalized spacial score (nSPS) is 25.4. The van der Waals surface area contributed by atoms with Crippen molar-refractivity contribution >= 4 is 21.4 Å². The van der Waals surface area contributed by atoms with Gasteiger partial charge in [-0.25, -0.2) is 8.42 Å². The van der Waals surface area contributed by atoms with Crippen LogP contribution in [0.5, 0.6) is 0 Å². The number of benzene rings is 2. The van der Waals surface area contributed by atoms with Gasteiger partial charge < -0.3 is 5.32 Å². The number of allylic oxidation sites excluding steroid dienone is 2. The van der Waals surface area contributed by atoms with Gasteiger partial charge in [-0.1, -0.05) is 37.1 Å². The van der Waals surface area contributed by atoms with Crippen molar-refractivity contribution in [1.82, 2.24) is 4.31 Å². The molecule has 1 fully saturated rings. The van der Waals surface area contributed by atoms with Crippen LogP contribution in [0.15, 0.2) is 59.5 Å². The lowest BCUT2D eigenvalue weighted by molar-refractivity contribution is -0.384. The summed E-state index contributed by atoms with van der Waals surface area (Å²) in [5.41, 5.74) is 3.02. The van der Waals surface area contributed by atoms with Crippen molar-refractivity contribution in [3.63, 3.8) is 0 Å². The fourth-order valence-corrected chi connectivity index (χ4v) is 6.85. The number of rotatable bonds is 4. The number of nitro groups is 1. The van der Waals surface area contributed by atoms with E-state index < -0.39 is 10.0 Å². The maximum atomic E-state index is 13.3. The predicted molar refractivity (Wildman–Crippen MR) is 123 cm³/mol. The maximum absolute atomic E-state index is 13.3. The highest BCUT2D eigenvalue weighted by Crippen LogP contribution is 2.50. The van der Waals surface area contributed by atoms with Crippen molar-refractivity contribution in [3.05, 3.63) is 75.9 Å². The second-order valence-electron chi connectivity index (χ2n) is 8.89. The van der Waals surface area contributed by atoms with Gasteiger partial charge in [0, 0.05) is 36.8 Å². The highest BCUT2D eigenvalue weighted by Gasteiger charge is 2.39. The van der Waals surface area contributed by atoms with Gasteiger partial charge in [0.15, 0.2) is 0 Å². The van der Waals surface area contributed by atoms with E-state index in [4.69, 9.17) is 0 Å². The number of nitro benzene ring substituents is 1. The number of anilines is 1. The van der Waals surface area contributed by atoms with Gasteiger partial charge in [0.25, 0.3) is 5.69 Å². The molecule has 3 aliphatic rings. The topological polar surface area (TPSA) is 92.5 Å². The van der Waals surface area contributed by atoms with Gasteiger partial charge in [0.05, 0.1) is 15.9 Å². The fraction of sp³-hybridized carbons (Fsp3) is 0.417. The Morgan fingerprint density at radius 1 is 1.00 bits per heavy atom. The van der Waals surface area contributed by atoms with Crippen molar-refractivity contribution < 1.29 is 13.3 Å². The van der Waals surface area contributed by atoms with Crippen LogP contribution < -0.4 is 5.32 Å². The molecule has 168 valence electrons. The third-order valence-corrected chi connectivity index (χ3v) is 8.89. The smallest absolute Gasteiger partial charge is 0.269 e. The number of non-ortho nitro benzene ring substituents is 1. The average molecular weight is 454 g/mol. The molecule has 32 heavy (non-hydrogen) atoms. The van der Waals surface area contributed by atoms with Crippen LogP contribution in [-0.4, -0.2) is 30.7 Å². The molecule has 0 amide bonds. The van der Waals surface area contributed by atoms with E-state index in [-0.39, 0.29) is 28.5 Å². The number of hydrogen-bond donors (Lipinski definition) is 1. The molecule has 1 aliphatic carbocycles. The van der Waals surface area contributed by atoms with Gasteiger partial charge >= 0.3 is 0 Å². The third-order valence-electron chi connectivity index (χ3n) is 7.00. The van der Waals surface area contributed by atoms with E-state index in [9.17, 15) is 18.5 Å². The first-order chi connectivity index (χ1) is 15.4. The Kier molecular flexibility index (Phi) is 5.51. The van der Waals surface area contributed by atoms with Crippen LogP contribution >= 0.6 is 0 Å². The summed E-state index contributed by atoms with van der Waals surface area (Å²) in [6.07, 6.45) is 9.19. The number of sulfonamides is 1. The molecule has 0 bridgehead atoms. The summed E-state index contributed by atoms with van der Waals surface area (Å²) in [5, 5.41) is 14.6. The summed E-state index contributed by atoms with van der Waals surface area (Å²) in [7, 11) is -3.51. The molecule has 5 rings (SSSR count). The quantitative estimate of drug-likeness (QED) is 0.400. The van der Waals surface area contributed by atoms with E-state index in [1.54, 1.807) is 22.5 Å². The minimum Gasteiger partial charge on any atom is -0.378 e. The predicted octanol–water partition coefficient (Wildman–Crippen LogP) is 4.99. The van der Waals surface area contributed by atoms with Gasteiger partial charge in [0.2, 0.25) is 10.0 Å². The number of fused-ring (bicyclic) bond motifs is 3. The summed E-state index contributed by atoms with van der Waals surface area (Å²) in [6.45, 7) is 1.18. The van der Waals surface area contributed by atoms with Crippen LogP contribution in [-0.2, 0) is 10.0 Å². The van der Waals surface area contributed by atoms with Crippen LogP contribution in [0.3, 0.4) is 0 Å². The lowest BCUT2D eigenvalue weighted by Crippen LogP contribution is -2.33. The standard InChI is InChI=1S/C24H27N3O4S/c28-27(29)18-10-8-17(9-11-18)24-21-7-5-6-20(21)22-16-19(12-13-23(22)25-24)32(30,31)26-14-3-1-2-4-15-26/h5-6,8-13,16,20-21,24-25H,1-4,7,14-15H2. The largest absolute Gasteiger partial charge is 0.378 e. The molecule has 1 saturated heterocycles. The molecule has 0 aromatic heterocycles. The first kappa shape index (κ1) is 21.2. The minimum atomic E-state index is -3.51. The molecule has 0 saturated carbocycles. The van der Waals surface area contributed by atoms with Crippen molar-refractivity contribution in [2.24, 2.45) is 5.92 Å². The maximum Gasteiger partial charge on any atom is 0.269 e. The molecule has 7 nitrogen and oxygen atoms in total. The first-order valence-corrected chi connectivity index (χ1v) is 12.7. The van der Waals surface area contributed by atoms with Crippen LogP contribution in [0.4, 0.5) is 11.4 Å². The second kappa shape index (κ2) is 8.33. The number of nitrogens with one attached hydrogen (secondary N) is 1. The van der Waals surface area contributed by atoms with E-state index >= 15 is 0 Å². The Balaban J connectivity index is 1.47. The molecular formula is C24H27N3O4S. The SMILES string of the molecule is O=[N+]([O-])c1ccc(C2Nc3ccc(S(=O)(=O)N4CCCCCC4)cc3C3C=CCC32)cc1. The van der Waals surface area contributed by atoms with E-state index in [0.717, 1.165) is 48.9 Å². The van der Waals surface area contributed by atoms with Crippen LogP contribution in [0, 0.1) is 16.0 Å². The monoisotopic (exact) mass is 453 g/mol. The van der Waals surface area contributed by atoms with E-state index in [1.165, 1.54) is 0 Å². The number of nitrogens with zero attached hydrogens (tertiary/aromatic N) is 2. The van der Waals surface area contributed by atoms with Gasteiger partial charge in [-0.3, -0.25) is 10.1 Å². The van der Waals surface area contributed by atoms with Crippen molar-refractivity contribution in [2.75, 3.05) is 18.4 Å². The molecule has 2 aliphatic heterocycles. The Labute approximate surface area is 188 Å². The Morgan fingerprint density at radius 3 is 2.41 bits per heavy atom. The molecule has 2 aromatic rings. The zero-order chi connectivity index (χ0) is 22.3. The van der Waals surface area contributed by atoms with Gasteiger partial charge in [0.1, 0.15) is 0 Å². The van der Waals surface area contributed by atoms with Crippen LogP contribution in [0.1, 0.15) is 55.2 Å². The lowest BCUT2D eigenvalue weighted by atomic mass is 9.77. The molecule has 2 heterocycles. The molecule has 8 heteroatoms. The second-order valence-corrected chi connectivity index (χ2v) is 10.8. The third kappa shape index (κ3) is 3.71. The molecule has 2 aromatic carbocycles. The summed E-state index contributed by atoms with van der Waals surface area (Å²) >= 11 is 0. The fourth-order valence-electron chi connectivity index (χ4n) is 5.30. The summed E-state index contributed by atoms with van der Waals surface area (Å²) in [6, 6.07) is 12.2. The molecule has 0 radical (unpaired) electrons. The molecule has 0 spiro atoms. The molecular weight excluding hydrogens is 426 g/mol. The highest BCUT2D eigenvalue weighted by molar-refractivity contribution is 7.89. The summed E-state index contributed by atoms with van der Waals surface area (Å²) in [5.74, 6) is 0.353. The summed E-state index contributed by atoms with van der Waals surface area (Å²) in [4.78, 5) is 11.0.